The van der Waals surface area contributed by atoms with Gasteiger partial charge in [0.1, 0.15) is 36.8 Å². The molecular formula is C28H49ClN8O10S2. The third-order valence-electron chi connectivity index (χ3n) is 6.96. The number of hydrogen-bond donors (Lipinski definition) is 12. The number of nitrogens with zero attached hydrogens (tertiary/aromatic N) is 4. The zero-order valence-electron chi connectivity index (χ0n) is 26.6. The van der Waals surface area contributed by atoms with Crippen LogP contribution in [0.1, 0.15) is 28.9 Å². The first-order valence-electron chi connectivity index (χ1n) is 14.7. The Morgan fingerprint density at radius 1 is 0.878 bits per heavy atom. The summed E-state index contributed by atoms with van der Waals surface area (Å²) in [6.45, 7) is -1.60. The molecule has 18 nitrogen and oxygen atoms in total. The van der Waals surface area contributed by atoms with Gasteiger partial charge in [-0.1, -0.05) is 23.7 Å². The van der Waals surface area contributed by atoms with E-state index in [2.05, 4.69) is 20.3 Å². The van der Waals surface area contributed by atoms with Crippen LogP contribution in [0.4, 0.5) is 11.6 Å². The number of aliphatic imine (C=N–C) groups is 1. The van der Waals surface area contributed by atoms with Crippen molar-refractivity contribution >= 4 is 62.1 Å². The number of rotatable bonds is 20. The van der Waals surface area contributed by atoms with Gasteiger partial charge < -0.3 is 62.8 Å². The Balaban J connectivity index is 0.0000115. The van der Waals surface area contributed by atoms with Crippen LogP contribution < -0.4 is 27.3 Å². The van der Waals surface area contributed by atoms with Crippen LogP contribution in [0.2, 0.25) is 5.15 Å². The third-order valence-corrected chi connectivity index (χ3v) is 7.24. The van der Waals surface area contributed by atoms with Gasteiger partial charge in [0.15, 0.2) is 28.4 Å². The molecule has 0 aliphatic carbocycles. The van der Waals surface area contributed by atoms with Crippen LogP contribution in [-0.2, 0) is 6.42 Å². The molecule has 49 heavy (non-hydrogen) atoms. The number of nitrogen functional groups attached to an aromatic ring is 2. The van der Waals surface area contributed by atoms with Gasteiger partial charge in [0.25, 0.3) is 5.91 Å². The molecule has 0 aliphatic heterocycles. The number of unbranched alkanes of at least 4 members (excludes halogenated alkanes) is 1. The molecule has 0 fully saturated rings. The number of nitrogens with two attached hydrogens (primary N) is 3. The van der Waals surface area contributed by atoms with Crippen LogP contribution in [-0.4, -0.2) is 150 Å². The van der Waals surface area contributed by atoms with E-state index in [-0.39, 0.29) is 81.7 Å². The first kappa shape index (κ1) is 46.3. The summed E-state index contributed by atoms with van der Waals surface area (Å²) >= 11 is 5.79. The molecule has 1 aromatic heterocycles. The minimum absolute atomic E-state index is 0. The number of guanidine groups is 1. The summed E-state index contributed by atoms with van der Waals surface area (Å²) in [4.78, 5) is 25.4. The van der Waals surface area contributed by atoms with Crippen LogP contribution in [0.25, 0.3) is 0 Å². The number of carbonyl (C=O) groups is 1. The second-order valence-electron chi connectivity index (χ2n) is 10.7. The first-order valence-corrected chi connectivity index (χ1v) is 15.1. The topological polar surface area (TPSA) is 320 Å². The molecule has 0 aliphatic rings. The Morgan fingerprint density at radius 2 is 1.43 bits per heavy atom. The molecule has 1 amide bonds. The fourth-order valence-electron chi connectivity index (χ4n) is 4.24. The minimum atomic E-state index is -1.68. The number of carbonyl (C=O) groups excluding carboxylic acids is 1. The van der Waals surface area contributed by atoms with Crippen molar-refractivity contribution in [1.29, 1.82) is 0 Å². The van der Waals surface area contributed by atoms with E-state index in [9.17, 15) is 35.4 Å². The summed E-state index contributed by atoms with van der Waals surface area (Å²) in [5.41, 5.74) is 17.7. The summed E-state index contributed by atoms with van der Waals surface area (Å²) in [5.74, 6) is -0.617. The molecule has 6 atom stereocenters. The highest BCUT2D eigenvalue weighted by Gasteiger charge is 2.30. The first-order chi connectivity index (χ1) is 22.3. The highest BCUT2D eigenvalue weighted by Crippen LogP contribution is 2.17. The van der Waals surface area contributed by atoms with Crippen LogP contribution in [0.3, 0.4) is 0 Å². The van der Waals surface area contributed by atoms with E-state index in [1.165, 1.54) is 4.90 Å². The van der Waals surface area contributed by atoms with Crippen molar-refractivity contribution in [1.82, 2.24) is 20.2 Å². The monoisotopic (exact) mass is 756 g/mol. The van der Waals surface area contributed by atoms with Gasteiger partial charge in [-0.2, -0.15) is 27.0 Å². The molecule has 0 spiro atoms. The predicted molar refractivity (Wildman–Crippen MR) is 192 cm³/mol. The van der Waals surface area contributed by atoms with Gasteiger partial charge in [-0.3, -0.25) is 20.0 Å². The Kier molecular flexibility index (Phi) is 22.3. The molecule has 0 unspecified atom stereocenters. The van der Waals surface area contributed by atoms with E-state index in [1.807, 2.05) is 12.1 Å². The van der Waals surface area contributed by atoms with Gasteiger partial charge in [0, 0.05) is 26.2 Å². The van der Waals surface area contributed by atoms with E-state index in [0.717, 1.165) is 18.4 Å². The Morgan fingerprint density at radius 3 is 1.96 bits per heavy atom. The number of amides is 1. The van der Waals surface area contributed by atoms with Crippen molar-refractivity contribution in [3.05, 3.63) is 40.7 Å². The lowest BCUT2D eigenvalue weighted by molar-refractivity contribution is -0.101. The van der Waals surface area contributed by atoms with Gasteiger partial charge in [-0.25, -0.2) is 9.97 Å². The van der Waals surface area contributed by atoms with E-state index in [4.69, 9.17) is 43.8 Å². The van der Waals surface area contributed by atoms with Gasteiger partial charge in [0.2, 0.25) is 0 Å². The van der Waals surface area contributed by atoms with E-state index < -0.39 is 55.7 Å². The highest BCUT2D eigenvalue weighted by atomic mass is 35.5. The van der Waals surface area contributed by atoms with Crippen molar-refractivity contribution in [2.75, 3.05) is 57.5 Å². The van der Waals surface area contributed by atoms with Gasteiger partial charge in [0.05, 0.1) is 25.4 Å². The number of halogens is 1. The largest absolute Gasteiger partial charge is 0.492 e. The number of hydrogen-bond acceptors (Lipinski definition) is 16. The summed E-state index contributed by atoms with van der Waals surface area (Å²) in [7, 11) is 0. The molecule has 0 bridgehead atoms. The smallest absolute Gasteiger partial charge is 0.280 e. The maximum atomic E-state index is 12.3. The van der Waals surface area contributed by atoms with Crippen molar-refractivity contribution < 1.29 is 50.4 Å². The standard InChI is InChI=1S/C28H45ClN8O10.2H2S/c29-24-26(31)35-25(30)21(34-24)27(46)36-28(32)33-8-2-1-3-15-4-6-16(7-5-15)47-10-9-37(11-17(40)22(44)19(42)13-38)12-18(41)23(45)20(43)14-39;;/h4-7,17-20,22-23,38-45H,1-3,8-14H2,(H4,30,31,35)(H3,32,33,36,46);2*1H2/t17-,18-,19-,20-,22+,23+;;/m1../s1. The number of aliphatic hydroxyl groups is 8. The maximum absolute atomic E-state index is 12.3. The number of nitrogens with one attached hydrogen (secondary N) is 1. The second-order valence-corrected chi connectivity index (χ2v) is 11.0. The molecule has 21 heteroatoms. The SMILES string of the molecule is NC(=NCCCCc1ccc(OCCN(C[C@@H](O)[C@H](O)[C@H](O)CO)C[C@@H](O)[C@H](O)[C@H](O)CO)cc1)NC(=O)c1nc(Cl)c(N)nc1N.S.S. The summed E-state index contributed by atoms with van der Waals surface area (Å²) in [5, 5.41) is 80.1. The number of aromatic nitrogens is 2. The average molecular weight is 757 g/mol. The van der Waals surface area contributed by atoms with Crippen molar-refractivity contribution in [2.24, 2.45) is 10.7 Å². The Hall–Kier alpha value is -2.73. The normalized spacial score (nSPS) is 15.3. The fourth-order valence-corrected chi connectivity index (χ4v) is 4.37. The molecule has 0 radical (unpaired) electrons. The predicted octanol–water partition coefficient (Wildman–Crippen LogP) is -3.58. The number of aryl methyl sites for hydroxylation is 1. The lowest BCUT2D eigenvalue weighted by Gasteiger charge is -2.32. The zero-order chi connectivity index (χ0) is 35.1. The number of ether oxygens (including phenoxy) is 1. The van der Waals surface area contributed by atoms with Crippen molar-refractivity contribution in [2.45, 2.75) is 55.9 Å². The zero-order valence-corrected chi connectivity index (χ0v) is 29.4. The molecule has 1 aromatic carbocycles. The number of aliphatic hydroxyl groups excluding tert-OH is 8. The van der Waals surface area contributed by atoms with Gasteiger partial charge in [-0.15, -0.1) is 0 Å². The molecular weight excluding hydrogens is 708 g/mol. The van der Waals surface area contributed by atoms with Crippen LogP contribution in [0, 0.1) is 0 Å². The molecule has 15 N–H and O–H groups in total. The van der Waals surface area contributed by atoms with Crippen molar-refractivity contribution in [3.63, 3.8) is 0 Å². The lowest BCUT2D eigenvalue weighted by Crippen LogP contribution is -2.51. The molecule has 2 aromatic rings. The minimum Gasteiger partial charge on any atom is -0.492 e. The van der Waals surface area contributed by atoms with E-state index in [0.29, 0.717) is 18.7 Å². The summed E-state index contributed by atoms with van der Waals surface area (Å²) in [6, 6.07) is 7.27. The Labute approximate surface area is 302 Å². The van der Waals surface area contributed by atoms with Crippen molar-refractivity contribution in [3.8, 4) is 5.75 Å². The molecule has 0 saturated carbocycles. The number of anilines is 2. The maximum Gasteiger partial charge on any atom is 0.280 e. The summed E-state index contributed by atoms with van der Waals surface area (Å²) < 4.78 is 5.76. The van der Waals surface area contributed by atoms with Crippen LogP contribution >= 0.6 is 38.6 Å². The fraction of sp³-hybridized carbons (Fsp3) is 0.571. The van der Waals surface area contributed by atoms with Gasteiger partial charge >= 0.3 is 0 Å². The van der Waals surface area contributed by atoms with E-state index >= 15 is 0 Å². The van der Waals surface area contributed by atoms with Crippen LogP contribution in [0.15, 0.2) is 29.3 Å². The summed E-state index contributed by atoms with van der Waals surface area (Å²) in [6.07, 6.45) is -7.42. The molecule has 2 rings (SSSR count). The molecule has 0 saturated heterocycles. The third kappa shape index (κ3) is 15.8. The molecule has 1 heterocycles. The van der Waals surface area contributed by atoms with Gasteiger partial charge in [-0.05, 0) is 37.0 Å². The highest BCUT2D eigenvalue weighted by molar-refractivity contribution is 7.59. The lowest BCUT2D eigenvalue weighted by atomic mass is 10.1. The average Bonchev–Trinajstić information content (AvgIpc) is 3.05. The van der Waals surface area contributed by atoms with E-state index in [1.54, 1.807) is 12.1 Å². The van der Waals surface area contributed by atoms with Crippen LogP contribution in [0.5, 0.6) is 5.75 Å². The number of benzene rings is 1. The second kappa shape index (κ2) is 23.6. The molecule has 280 valence electrons. The quantitative estimate of drug-likeness (QED) is 0.0353. The Bertz CT molecular complexity index is 1270.